The third-order valence-corrected chi connectivity index (χ3v) is 3.98. The Morgan fingerprint density at radius 1 is 1.63 bits per heavy atom. The molecule has 19 heavy (non-hydrogen) atoms. The molecule has 0 bridgehead atoms. The van der Waals surface area contributed by atoms with E-state index in [1.807, 2.05) is 24.0 Å². The first kappa shape index (κ1) is 14.6. The van der Waals surface area contributed by atoms with Gasteiger partial charge in [-0.1, -0.05) is 6.92 Å². The van der Waals surface area contributed by atoms with Gasteiger partial charge in [0.2, 0.25) is 0 Å². The van der Waals surface area contributed by atoms with Gasteiger partial charge < -0.3 is 9.47 Å². The monoisotopic (exact) mass is 283 g/mol. The van der Waals surface area contributed by atoms with Gasteiger partial charge >= 0.3 is 0 Å². The number of hydrogen-bond donors (Lipinski definition) is 2. The molecule has 1 fully saturated rings. The van der Waals surface area contributed by atoms with Crippen molar-refractivity contribution in [2.45, 2.75) is 25.5 Å². The van der Waals surface area contributed by atoms with Crippen LogP contribution in [0.5, 0.6) is 5.75 Å². The Hall–Kier alpha value is -0.820. The van der Waals surface area contributed by atoms with Crippen LogP contribution in [0.2, 0.25) is 0 Å². The highest BCUT2D eigenvalue weighted by atomic mass is 32.2. The minimum Gasteiger partial charge on any atom is -0.492 e. The van der Waals surface area contributed by atoms with Crippen molar-refractivity contribution in [3.8, 4) is 5.75 Å². The molecular weight excluding hydrogens is 262 g/mol. The molecule has 0 amide bonds. The molecule has 5 nitrogen and oxygen atoms in total. The predicted molar refractivity (Wildman–Crippen MR) is 77.2 cm³/mol. The molecule has 1 aliphatic heterocycles. The molecule has 0 spiro atoms. The first-order valence-corrected chi connectivity index (χ1v) is 7.74. The second-order valence-corrected chi connectivity index (χ2v) is 5.58. The van der Waals surface area contributed by atoms with Crippen molar-refractivity contribution in [3.63, 3.8) is 0 Å². The summed E-state index contributed by atoms with van der Waals surface area (Å²) in [7, 11) is 0. The summed E-state index contributed by atoms with van der Waals surface area (Å²) >= 11 is 1.89. The fourth-order valence-corrected chi connectivity index (χ4v) is 2.92. The van der Waals surface area contributed by atoms with Crippen LogP contribution >= 0.6 is 11.8 Å². The van der Waals surface area contributed by atoms with E-state index in [0.29, 0.717) is 6.61 Å². The van der Waals surface area contributed by atoms with Gasteiger partial charge in [-0.05, 0) is 18.1 Å². The molecule has 2 atom stereocenters. The van der Waals surface area contributed by atoms with Crippen LogP contribution in [-0.2, 0) is 4.74 Å². The summed E-state index contributed by atoms with van der Waals surface area (Å²) < 4.78 is 11.4. The van der Waals surface area contributed by atoms with Crippen LogP contribution in [0.3, 0.4) is 0 Å². The van der Waals surface area contributed by atoms with Crippen molar-refractivity contribution in [2.24, 2.45) is 5.84 Å². The molecule has 2 unspecified atom stereocenters. The van der Waals surface area contributed by atoms with Crippen LogP contribution < -0.4 is 16.0 Å². The number of aromatic nitrogens is 1. The lowest BCUT2D eigenvalue weighted by atomic mass is 10.0. The van der Waals surface area contributed by atoms with E-state index in [4.69, 9.17) is 15.3 Å². The maximum atomic E-state index is 5.77. The smallest absolute Gasteiger partial charge is 0.137 e. The van der Waals surface area contributed by atoms with E-state index in [-0.39, 0.29) is 12.1 Å². The minimum absolute atomic E-state index is 0.0505. The maximum absolute atomic E-state index is 5.77. The Balaban J connectivity index is 2.08. The first-order chi connectivity index (χ1) is 9.35. The normalized spacial score (nSPS) is 21.1. The Morgan fingerprint density at radius 2 is 2.53 bits per heavy atom. The van der Waals surface area contributed by atoms with E-state index in [0.717, 1.165) is 35.8 Å². The summed E-state index contributed by atoms with van der Waals surface area (Å²) in [5.41, 5.74) is 3.84. The van der Waals surface area contributed by atoms with Crippen LogP contribution in [-0.4, -0.2) is 35.8 Å². The number of hydrazine groups is 1. The van der Waals surface area contributed by atoms with E-state index in [9.17, 15) is 0 Å². The summed E-state index contributed by atoms with van der Waals surface area (Å²) in [6.07, 6.45) is 4.59. The lowest BCUT2D eigenvalue weighted by Crippen LogP contribution is -2.41. The lowest BCUT2D eigenvalue weighted by molar-refractivity contribution is 0.0466. The molecule has 1 aromatic rings. The van der Waals surface area contributed by atoms with E-state index in [2.05, 4.69) is 17.3 Å². The Kier molecular flexibility index (Phi) is 5.91. The van der Waals surface area contributed by atoms with Crippen molar-refractivity contribution in [1.82, 2.24) is 10.4 Å². The van der Waals surface area contributed by atoms with Gasteiger partial charge in [0.25, 0.3) is 0 Å². The van der Waals surface area contributed by atoms with Crippen LogP contribution in [0.15, 0.2) is 18.5 Å². The third kappa shape index (κ3) is 4.07. The van der Waals surface area contributed by atoms with Gasteiger partial charge in [0.05, 0.1) is 31.6 Å². The number of hydrogen-bond acceptors (Lipinski definition) is 6. The Labute approximate surface area is 118 Å². The van der Waals surface area contributed by atoms with Gasteiger partial charge in [0.15, 0.2) is 0 Å². The highest BCUT2D eigenvalue weighted by Crippen LogP contribution is 2.26. The zero-order valence-electron chi connectivity index (χ0n) is 11.2. The van der Waals surface area contributed by atoms with Gasteiger partial charge in [0.1, 0.15) is 5.75 Å². The standard InChI is InChI=1S/C13H21N3O2S/c1-2-3-17-11-6-10(7-15-8-11)13(16-14)12-9-19-5-4-18-12/h6-8,12-13,16H,2-5,9,14H2,1H3. The van der Waals surface area contributed by atoms with Crippen LogP contribution in [0.25, 0.3) is 0 Å². The van der Waals surface area contributed by atoms with Crippen LogP contribution in [0.1, 0.15) is 24.9 Å². The van der Waals surface area contributed by atoms with Gasteiger partial charge in [-0.2, -0.15) is 11.8 Å². The Bertz CT molecular complexity index is 386. The minimum atomic E-state index is -0.0505. The topological polar surface area (TPSA) is 69.4 Å². The van der Waals surface area contributed by atoms with Crippen molar-refractivity contribution in [2.75, 3.05) is 24.7 Å². The van der Waals surface area contributed by atoms with Crippen LogP contribution in [0, 0.1) is 0 Å². The average Bonchev–Trinajstić information content (AvgIpc) is 2.47. The summed E-state index contributed by atoms with van der Waals surface area (Å²) in [5.74, 6) is 8.45. The number of rotatable bonds is 6. The molecule has 1 aromatic heterocycles. The number of ether oxygens (including phenoxy) is 2. The largest absolute Gasteiger partial charge is 0.492 e. The van der Waals surface area contributed by atoms with Crippen molar-refractivity contribution < 1.29 is 9.47 Å². The van der Waals surface area contributed by atoms with E-state index >= 15 is 0 Å². The fraction of sp³-hybridized carbons (Fsp3) is 0.615. The zero-order valence-corrected chi connectivity index (χ0v) is 12.0. The number of nitrogens with one attached hydrogen (secondary N) is 1. The molecule has 2 rings (SSSR count). The summed E-state index contributed by atoms with van der Waals surface area (Å²) in [5, 5.41) is 0. The molecular formula is C13H21N3O2S. The second kappa shape index (κ2) is 7.69. The molecule has 6 heteroatoms. The van der Waals surface area contributed by atoms with E-state index in [1.54, 1.807) is 6.20 Å². The molecule has 0 aliphatic carbocycles. The number of nitrogens with two attached hydrogens (primary N) is 1. The molecule has 1 saturated heterocycles. The number of pyridine rings is 1. The van der Waals surface area contributed by atoms with Gasteiger partial charge in [-0.3, -0.25) is 16.3 Å². The van der Waals surface area contributed by atoms with Gasteiger partial charge in [-0.15, -0.1) is 0 Å². The fourth-order valence-electron chi connectivity index (χ4n) is 2.02. The SMILES string of the molecule is CCCOc1cncc(C(NN)C2CSCCO2)c1. The molecule has 3 N–H and O–H groups in total. The first-order valence-electron chi connectivity index (χ1n) is 6.58. The predicted octanol–water partition coefficient (Wildman–Crippen LogP) is 1.51. The van der Waals surface area contributed by atoms with Crippen molar-refractivity contribution in [3.05, 3.63) is 24.0 Å². The highest BCUT2D eigenvalue weighted by molar-refractivity contribution is 7.99. The maximum Gasteiger partial charge on any atom is 0.137 e. The summed E-state index contributed by atoms with van der Waals surface area (Å²) in [6, 6.07) is 1.93. The molecule has 0 radical (unpaired) electrons. The molecule has 106 valence electrons. The summed E-state index contributed by atoms with van der Waals surface area (Å²) in [6.45, 7) is 3.54. The molecule has 1 aliphatic rings. The number of thioether (sulfide) groups is 1. The Morgan fingerprint density at radius 3 is 3.21 bits per heavy atom. The second-order valence-electron chi connectivity index (χ2n) is 4.43. The van der Waals surface area contributed by atoms with E-state index < -0.39 is 0 Å². The van der Waals surface area contributed by atoms with Crippen molar-refractivity contribution >= 4 is 11.8 Å². The quantitative estimate of drug-likeness (QED) is 0.609. The zero-order chi connectivity index (χ0) is 13.5. The summed E-state index contributed by atoms with van der Waals surface area (Å²) in [4.78, 5) is 4.22. The molecule has 0 aromatic carbocycles. The van der Waals surface area contributed by atoms with Gasteiger partial charge in [-0.25, -0.2) is 0 Å². The molecule has 0 saturated carbocycles. The highest BCUT2D eigenvalue weighted by Gasteiger charge is 2.26. The van der Waals surface area contributed by atoms with E-state index in [1.165, 1.54) is 0 Å². The number of nitrogens with zero attached hydrogens (tertiary/aromatic N) is 1. The van der Waals surface area contributed by atoms with Gasteiger partial charge in [0, 0.05) is 17.7 Å². The lowest BCUT2D eigenvalue weighted by Gasteiger charge is -2.29. The third-order valence-electron chi connectivity index (χ3n) is 2.96. The van der Waals surface area contributed by atoms with Crippen LogP contribution in [0.4, 0.5) is 0 Å². The average molecular weight is 283 g/mol. The van der Waals surface area contributed by atoms with Crippen molar-refractivity contribution in [1.29, 1.82) is 0 Å². The molecule has 2 heterocycles.